The minimum atomic E-state index is 0.345. The van der Waals surface area contributed by atoms with Gasteiger partial charge in [0.15, 0.2) is 5.82 Å². The topological polar surface area (TPSA) is 78.9 Å². The van der Waals surface area contributed by atoms with Crippen molar-refractivity contribution in [3.05, 3.63) is 18.2 Å². The number of hydrogen-bond donors (Lipinski definition) is 1. The minimum absolute atomic E-state index is 0.345. The molecule has 112 valence electrons. The van der Waals surface area contributed by atoms with E-state index in [9.17, 15) is 0 Å². The Morgan fingerprint density at radius 3 is 2.81 bits per heavy atom. The molecule has 3 rings (SSSR count). The van der Waals surface area contributed by atoms with E-state index in [1.807, 2.05) is 22.9 Å². The van der Waals surface area contributed by atoms with Crippen LogP contribution < -0.4 is 10.5 Å². The van der Waals surface area contributed by atoms with E-state index in [2.05, 4.69) is 22.4 Å². The van der Waals surface area contributed by atoms with Crippen LogP contribution in [0, 0.1) is 5.41 Å². The fourth-order valence-electron chi connectivity index (χ4n) is 3.02. The zero-order valence-electron chi connectivity index (χ0n) is 12.5. The summed E-state index contributed by atoms with van der Waals surface area (Å²) in [6, 6.07) is 5.53. The van der Waals surface area contributed by atoms with Crippen molar-refractivity contribution in [3.63, 3.8) is 0 Å². The second-order valence-electron chi connectivity index (χ2n) is 5.83. The Kier molecular flexibility index (Phi) is 3.53. The molecule has 0 radical (unpaired) electrons. The highest BCUT2D eigenvalue weighted by molar-refractivity contribution is 5.68. The van der Waals surface area contributed by atoms with Crippen molar-refractivity contribution in [1.29, 1.82) is 0 Å². The van der Waals surface area contributed by atoms with Gasteiger partial charge in [-0.15, -0.1) is 5.10 Å². The first-order chi connectivity index (χ1) is 10.2. The van der Waals surface area contributed by atoms with Crippen LogP contribution in [-0.2, 0) is 6.54 Å². The van der Waals surface area contributed by atoms with E-state index >= 15 is 0 Å². The maximum absolute atomic E-state index is 5.90. The molecule has 2 aromatic rings. The highest BCUT2D eigenvalue weighted by Crippen LogP contribution is 2.45. The third-order valence-corrected chi connectivity index (χ3v) is 4.65. The number of anilines is 1. The maximum Gasteiger partial charge on any atom is 0.185 e. The fourth-order valence-corrected chi connectivity index (χ4v) is 3.02. The third-order valence-electron chi connectivity index (χ3n) is 4.65. The predicted molar refractivity (Wildman–Crippen MR) is 80.8 cm³/mol. The lowest BCUT2D eigenvalue weighted by Gasteiger charge is -2.41. The molecule has 0 saturated heterocycles. The minimum Gasteiger partial charge on any atom is -0.496 e. The normalized spacial score (nSPS) is 16.5. The molecule has 1 aliphatic rings. The molecule has 0 bridgehead atoms. The van der Waals surface area contributed by atoms with Crippen LogP contribution in [0.15, 0.2) is 18.2 Å². The van der Waals surface area contributed by atoms with Crippen LogP contribution in [0.1, 0.15) is 32.6 Å². The second-order valence-corrected chi connectivity index (χ2v) is 5.83. The molecule has 0 atom stereocenters. The van der Waals surface area contributed by atoms with E-state index in [1.165, 1.54) is 19.3 Å². The summed E-state index contributed by atoms with van der Waals surface area (Å²) in [4.78, 5) is 0. The Morgan fingerprint density at radius 1 is 1.38 bits per heavy atom. The molecule has 0 aliphatic heterocycles. The van der Waals surface area contributed by atoms with Gasteiger partial charge in [0, 0.05) is 5.69 Å². The maximum atomic E-state index is 5.90. The first kappa shape index (κ1) is 13.9. The van der Waals surface area contributed by atoms with Crippen LogP contribution >= 0.6 is 0 Å². The molecule has 6 nitrogen and oxygen atoms in total. The van der Waals surface area contributed by atoms with Crippen molar-refractivity contribution < 1.29 is 4.74 Å². The largest absolute Gasteiger partial charge is 0.496 e. The molecule has 21 heavy (non-hydrogen) atoms. The molecule has 1 aromatic heterocycles. The summed E-state index contributed by atoms with van der Waals surface area (Å²) in [5, 5.41) is 12.2. The molecule has 6 heteroatoms. The molecule has 1 heterocycles. The predicted octanol–water partition coefficient (Wildman–Crippen LogP) is 2.51. The summed E-state index contributed by atoms with van der Waals surface area (Å²) in [5.74, 6) is 1.46. The summed E-state index contributed by atoms with van der Waals surface area (Å²) in [7, 11) is 1.64. The summed E-state index contributed by atoms with van der Waals surface area (Å²) in [5.41, 5.74) is 7.76. The van der Waals surface area contributed by atoms with Crippen LogP contribution in [0.5, 0.6) is 5.75 Å². The average molecular weight is 287 g/mol. The lowest BCUT2D eigenvalue weighted by molar-refractivity contribution is 0.0948. The lowest BCUT2D eigenvalue weighted by atomic mass is 9.67. The Balaban J connectivity index is 1.97. The number of methoxy groups -OCH3 is 1. The molecule has 0 spiro atoms. The average Bonchev–Trinajstić information content (AvgIpc) is 2.90. The molecular formula is C15H21N5O. The van der Waals surface area contributed by atoms with Crippen molar-refractivity contribution in [3.8, 4) is 17.1 Å². The Hall–Kier alpha value is -2.11. The number of nitrogen functional groups attached to an aromatic ring is 1. The third kappa shape index (κ3) is 2.46. The van der Waals surface area contributed by atoms with Gasteiger partial charge < -0.3 is 10.5 Å². The zero-order chi connectivity index (χ0) is 14.9. The van der Waals surface area contributed by atoms with Crippen molar-refractivity contribution in [2.45, 2.75) is 39.2 Å². The molecule has 0 amide bonds. The standard InChI is InChI=1S/C15H21N5O/c1-3-15(7-4-8-15)10-20-14(17-18-19-20)12-9-11(16)5-6-13(12)21-2/h5-6,9H,3-4,7-8,10,16H2,1-2H3. The van der Waals surface area contributed by atoms with Gasteiger partial charge in [-0.2, -0.15) is 0 Å². The molecule has 0 unspecified atom stereocenters. The van der Waals surface area contributed by atoms with Gasteiger partial charge >= 0.3 is 0 Å². The number of nitrogens with zero attached hydrogens (tertiary/aromatic N) is 4. The Morgan fingerprint density at radius 2 is 2.19 bits per heavy atom. The molecule has 1 fully saturated rings. The van der Waals surface area contributed by atoms with Gasteiger partial charge in [0.1, 0.15) is 5.75 Å². The van der Waals surface area contributed by atoms with E-state index in [1.54, 1.807) is 7.11 Å². The zero-order valence-corrected chi connectivity index (χ0v) is 12.5. The highest BCUT2D eigenvalue weighted by Gasteiger charge is 2.36. The molecule has 1 aromatic carbocycles. The SMILES string of the molecule is CCC1(Cn2nnnc2-c2cc(N)ccc2OC)CCC1. The number of benzene rings is 1. The Bertz CT molecular complexity index is 627. The van der Waals surface area contributed by atoms with Crippen molar-refractivity contribution in [2.24, 2.45) is 5.41 Å². The van der Waals surface area contributed by atoms with Gasteiger partial charge in [0.2, 0.25) is 0 Å². The van der Waals surface area contributed by atoms with Crippen LogP contribution in [0.2, 0.25) is 0 Å². The van der Waals surface area contributed by atoms with Crippen LogP contribution in [0.3, 0.4) is 0 Å². The molecule has 1 saturated carbocycles. The Labute approximate surface area is 124 Å². The lowest BCUT2D eigenvalue weighted by Crippen LogP contribution is -2.34. The van der Waals surface area contributed by atoms with Gasteiger partial charge in [0.25, 0.3) is 0 Å². The van der Waals surface area contributed by atoms with Crippen LogP contribution in [0.25, 0.3) is 11.4 Å². The summed E-state index contributed by atoms with van der Waals surface area (Å²) < 4.78 is 7.30. The molecular weight excluding hydrogens is 266 g/mol. The van der Waals surface area contributed by atoms with Crippen molar-refractivity contribution in [2.75, 3.05) is 12.8 Å². The number of hydrogen-bond acceptors (Lipinski definition) is 5. The van der Waals surface area contributed by atoms with Crippen molar-refractivity contribution >= 4 is 5.69 Å². The quantitative estimate of drug-likeness (QED) is 0.855. The van der Waals surface area contributed by atoms with E-state index in [4.69, 9.17) is 10.5 Å². The van der Waals surface area contributed by atoms with E-state index < -0.39 is 0 Å². The van der Waals surface area contributed by atoms with Gasteiger partial charge in [-0.25, -0.2) is 4.68 Å². The fraction of sp³-hybridized carbons (Fsp3) is 0.533. The first-order valence-electron chi connectivity index (χ1n) is 7.37. The number of aromatic nitrogens is 4. The summed E-state index contributed by atoms with van der Waals surface area (Å²) >= 11 is 0. The van der Waals surface area contributed by atoms with Crippen molar-refractivity contribution in [1.82, 2.24) is 20.2 Å². The van der Waals surface area contributed by atoms with Crippen LogP contribution in [-0.4, -0.2) is 27.3 Å². The second kappa shape index (κ2) is 5.35. The van der Waals surface area contributed by atoms with Gasteiger partial charge in [-0.3, -0.25) is 0 Å². The van der Waals surface area contributed by atoms with E-state index in [0.29, 0.717) is 11.1 Å². The van der Waals surface area contributed by atoms with Gasteiger partial charge in [-0.05, 0) is 53.3 Å². The first-order valence-corrected chi connectivity index (χ1v) is 7.37. The smallest absolute Gasteiger partial charge is 0.185 e. The van der Waals surface area contributed by atoms with Crippen LogP contribution in [0.4, 0.5) is 5.69 Å². The summed E-state index contributed by atoms with van der Waals surface area (Å²) in [6.45, 7) is 3.09. The molecule has 2 N–H and O–H groups in total. The number of nitrogens with two attached hydrogens (primary N) is 1. The van der Waals surface area contributed by atoms with Gasteiger partial charge in [-0.1, -0.05) is 13.3 Å². The number of tetrazole rings is 1. The molecule has 1 aliphatic carbocycles. The van der Waals surface area contributed by atoms with E-state index in [-0.39, 0.29) is 0 Å². The van der Waals surface area contributed by atoms with Gasteiger partial charge in [0.05, 0.1) is 19.2 Å². The summed E-state index contributed by atoms with van der Waals surface area (Å²) in [6.07, 6.45) is 4.95. The highest BCUT2D eigenvalue weighted by atomic mass is 16.5. The number of ether oxygens (including phenoxy) is 1. The van der Waals surface area contributed by atoms with E-state index in [0.717, 1.165) is 30.1 Å². The number of rotatable bonds is 5. The monoisotopic (exact) mass is 287 g/mol.